The first kappa shape index (κ1) is 12.6. The van der Waals surface area contributed by atoms with Gasteiger partial charge < -0.3 is 10.2 Å². The molecule has 1 aromatic heterocycles. The van der Waals surface area contributed by atoms with E-state index in [1.165, 1.54) is 18.1 Å². The van der Waals surface area contributed by atoms with Crippen LogP contribution in [0.1, 0.15) is 10.5 Å². The number of pyridine rings is 1. The predicted octanol–water partition coefficient (Wildman–Crippen LogP) is 0.662. The molecule has 0 saturated carbocycles. The lowest BCUT2D eigenvalue weighted by Gasteiger charge is -2.15. The number of nitrogens with zero attached hydrogens (tertiary/aromatic N) is 2. The molecule has 0 radical (unpaired) electrons. The molecule has 2 amide bonds. The molecule has 1 rings (SSSR count). The van der Waals surface area contributed by atoms with Gasteiger partial charge in [-0.15, -0.1) is 0 Å². The Morgan fingerprint density at radius 2 is 2.25 bits per heavy atom. The Morgan fingerprint density at radius 3 is 2.81 bits per heavy atom. The van der Waals surface area contributed by atoms with Gasteiger partial charge >= 0.3 is 0 Å². The maximum atomic E-state index is 11.9. The van der Waals surface area contributed by atoms with Crippen LogP contribution in [-0.2, 0) is 4.79 Å². The van der Waals surface area contributed by atoms with Crippen LogP contribution in [0.4, 0.5) is 0 Å². The number of rotatable bonds is 3. The number of carbonyl (C=O) groups excluding carboxylic acids is 2. The predicted molar refractivity (Wildman–Crippen MR) is 63.0 cm³/mol. The minimum atomic E-state index is -0.295. The smallest absolute Gasteiger partial charge is 0.273 e. The van der Waals surface area contributed by atoms with E-state index in [1.54, 1.807) is 19.2 Å². The molecule has 16 heavy (non-hydrogen) atoms. The van der Waals surface area contributed by atoms with Gasteiger partial charge in [-0.25, -0.2) is 4.98 Å². The molecular weight excluding hydrogens is 274 g/mol. The highest BCUT2D eigenvalue weighted by molar-refractivity contribution is 9.10. The summed E-state index contributed by atoms with van der Waals surface area (Å²) in [5.74, 6) is -0.515. The molecule has 0 aliphatic heterocycles. The summed E-state index contributed by atoms with van der Waals surface area (Å²) in [6.07, 6.45) is 1.53. The second-order valence-corrected chi connectivity index (χ2v) is 4.02. The van der Waals surface area contributed by atoms with E-state index < -0.39 is 0 Å². The van der Waals surface area contributed by atoms with Gasteiger partial charge in [-0.05, 0) is 28.1 Å². The van der Waals surface area contributed by atoms with E-state index in [0.29, 0.717) is 10.2 Å². The molecule has 5 nitrogen and oxygen atoms in total. The lowest BCUT2D eigenvalue weighted by molar-refractivity contribution is -0.121. The Hall–Kier alpha value is -1.43. The fourth-order valence-corrected chi connectivity index (χ4v) is 1.51. The van der Waals surface area contributed by atoms with E-state index in [0.717, 1.165) is 0 Å². The number of aromatic nitrogens is 1. The molecule has 86 valence electrons. The number of carbonyl (C=O) groups is 2. The second kappa shape index (κ2) is 5.60. The Kier molecular flexibility index (Phi) is 4.42. The minimum absolute atomic E-state index is 0.0122. The van der Waals surface area contributed by atoms with Gasteiger partial charge in [-0.3, -0.25) is 9.59 Å². The third kappa shape index (κ3) is 3.03. The lowest BCUT2D eigenvalue weighted by atomic mass is 10.3. The monoisotopic (exact) mass is 285 g/mol. The first-order valence-corrected chi connectivity index (χ1v) is 5.42. The maximum absolute atomic E-state index is 11.9. The van der Waals surface area contributed by atoms with Crippen molar-refractivity contribution in [2.45, 2.75) is 0 Å². The quantitative estimate of drug-likeness (QED) is 0.888. The Morgan fingerprint density at radius 1 is 1.56 bits per heavy atom. The number of hydrogen-bond acceptors (Lipinski definition) is 3. The average molecular weight is 286 g/mol. The fraction of sp³-hybridized carbons (Fsp3) is 0.300. The third-order valence-corrected chi connectivity index (χ3v) is 2.61. The zero-order chi connectivity index (χ0) is 12.1. The van der Waals surface area contributed by atoms with Crippen LogP contribution in [0.2, 0.25) is 0 Å². The molecule has 0 atom stereocenters. The standard InChI is InChI=1S/C10H12BrN3O2/c1-12-8(15)6-14(2)10(16)9-7(11)4-3-5-13-9/h3-5H,6H2,1-2H3,(H,12,15). The van der Waals surface area contributed by atoms with Crippen LogP contribution in [0.25, 0.3) is 0 Å². The number of likely N-dealkylation sites (N-methyl/N-ethyl adjacent to an activating group) is 2. The first-order valence-electron chi connectivity index (χ1n) is 4.62. The summed E-state index contributed by atoms with van der Waals surface area (Å²) in [5, 5.41) is 2.45. The van der Waals surface area contributed by atoms with E-state index in [1.807, 2.05) is 0 Å². The molecule has 0 aromatic carbocycles. The molecule has 0 bridgehead atoms. The van der Waals surface area contributed by atoms with E-state index >= 15 is 0 Å². The van der Waals surface area contributed by atoms with Crippen LogP contribution < -0.4 is 5.32 Å². The Labute approximate surface area is 102 Å². The average Bonchev–Trinajstić information content (AvgIpc) is 2.28. The summed E-state index contributed by atoms with van der Waals surface area (Å²) in [5.41, 5.74) is 0.300. The molecule has 0 saturated heterocycles. The van der Waals surface area contributed by atoms with Crippen molar-refractivity contribution in [3.05, 3.63) is 28.5 Å². The topological polar surface area (TPSA) is 62.3 Å². The van der Waals surface area contributed by atoms with Crippen molar-refractivity contribution in [2.24, 2.45) is 0 Å². The van der Waals surface area contributed by atoms with Crippen molar-refractivity contribution in [1.29, 1.82) is 0 Å². The minimum Gasteiger partial charge on any atom is -0.358 e. The largest absolute Gasteiger partial charge is 0.358 e. The van der Waals surface area contributed by atoms with Gasteiger partial charge in [0.15, 0.2) is 0 Å². The highest BCUT2D eigenvalue weighted by Crippen LogP contribution is 2.14. The van der Waals surface area contributed by atoms with Crippen molar-refractivity contribution in [2.75, 3.05) is 20.6 Å². The molecule has 0 spiro atoms. The molecule has 0 fully saturated rings. The number of hydrogen-bond donors (Lipinski definition) is 1. The van der Waals surface area contributed by atoms with Crippen LogP contribution in [0, 0.1) is 0 Å². The highest BCUT2D eigenvalue weighted by Gasteiger charge is 2.17. The van der Waals surface area contributed by atoms with E-state index in [4.69, 9.17) is 0 Å². The molecule has 1 aromatic rings. The molecule has 6 heteroatoms. The summed E-state index contributed by atoms with van der Waals surface area (Å²) in [7, 11) is 3.08. The second-order valence-electron chi connectivity index (χ2n) is 3.17. The molecule has 1 N–H and O–H groups in total. The Balaban J connectivity index is 2.79. The van der Waals surface area contributed by atoms with Crippen molar-refractivity contribution >= 4 is 27.7 Å². The molecular formula is C10H12BrN3O2. The zero-order valence-electron chi connectivity index (χ0n) is 9.03. The number of amides is 2. The van der Waals surface area contributed by atoms with Crippen LogP contribution in [0.3, 0.4) is 0 Å². The normalized spacial score (nSPS) is 9.69. The van der Waals surface area contributed by atoms with Gasteiger partial charge in [0, 0.05) is 24.8 Å². The molecule has 0 aliphatic carbocycles. The van der Waals surface area contributed by atoms with Gasteiger partial charge in [0.25, 0.3) is 5.91 Å². The maximum Gasteiger partial charge on any atom is 0.273 e. The van der Waals surface area contributed by atoms with Crippen LogP contribution >= 0.6 is 15.9 Å². The van der Waals surface area contributed by atoms with Gasteiger partial charge in [-0.1, -0.05) is 0 Å². The summed E-state index contributed by atoms with van der Waals surface area (Å²) in [6.45, 7) is 0.0122. The summed E-state index contributed by atoms with van der Waals surface area (Å²) < 4.78 is 0.615. The van der Waals surface area contributed by atoms with E-state index in [-0.39, 0.29) is 18.4 Å². The zero-order valence-corrected chi connectivity index (χ0v) is 10.6. The van der Waals surface area contributed by atoms with E-state index in [2.05, 4.69) is 26.2 Å². The first-order chi connectivity index (χ1) is 7.56. The van der Waals surface area contributed by atoms with Crippen LogP contribution in [0.5, 0.6) is 0 Å². The molecule has 0 unspecified atom stereocenters. The molecule has 1 heterocycles. The number of halogens is 1. The summed E-state index contributed by atoms with van der Waals surface area (Å²) in [4.78, 5) is 28.3. The molecule has 0 aliphatic rings. The summed E-state index contributed by atoms with van der Waals surface area (Å²) in [6, 6.07) is 3.45. The van der Waals surface area contributed by atoms with Crippen molar-refractivity contribution in [3.63, 3.8) is 0 Å². The SMILES string of the molecule is CNC(=O)CN(C)C(=O)c1ncccc1Br. The Bertz CT molecular complexity index is 409. The van der Waals surface area contributed by atoms with Crippen molar-refractivity contribution < 1.29 is 9.59 Å². The van der Waals surface area contributed by atoms with Crippen LogP contribution in [0.15, 0.2) is 22.8 Å². The lowest BCUT2D eigenvalue weighted by Crippen LogP contribution is -2.37. The van der Waals surface area contributed by atoms with Gasteiger partial charge in [0.1, 0.15) is 5.69 Å². The number of nitrogens with one attached hydrogen (secondary N) is 1. The van der Waals surface area contributed by atoms with Gasteiger partial charge in [-0.2, -0.15) is 0 Å². The third-order valence-electron chi connectivity index (χ3n) is 1.97. The highest BCUT2D eigenvalue weighted by atomic mass is 79.9. The van der Waals surface area contributed by atoms with E-state index in [9.17, 15) is 9.59 Å². The van der Waals surface area contributed by atoms with Gasteiger partial charge in [0.2, 0.25) is 5.91 Å². The van der Waals surface area contributed by atoms with Crippen molar-refractivity contribution in [3.8, 4) is 0 Å². The van der Waals surface area contributed by atoms with Gasteiger partial charge in [0.05, 0.1) is 6.54 Å². The summed E-state index contributed by atoms with van der Waals surface area (Å²) >= 11 is 3.24. The van der Waals surface area contributed by atoms with Crippen molar-refractivity contribution in [1.82, 2.24) is 15.2 Å². The van der Waals surface area contributed by atoms with Crippen LogP contribution in [-0.4, -0.2) is 42.3 Å². The fourth-order valence-electron chi connectivity index (χ4n) is 1.09.